The number of nitrogens with zero attached hydrogens (tertiary/aromatic N) is 3. The Morgan fingerprint density at radius 1 is 0.262 bits per heavy atom. The van der Waals surface area contributed by atoms with Gasteiger partial charge in [-0.1, -0.05) is 194 Å². The highest BCUT2D eigenvalue weighted by Crippen LogP contribution is 2.73. The van der Waals surface area contributed by atoms with E-state index in [1.54, 1.807) is 0 Å². The van der Waals surface area contributed by atoms with E-state index in [1.807, 2.05) is 0 Å². The Morgan fingerprint density at radius 3 is 1.27 bits per heavy atom. The molecule has 84 heavy (non-hydrogen) atoms. The highest BCUT2D eigenvalue weighted by Gasteiger charge is 2.33. The molecule has 396 valence electrons. The van der Waals surface area contributed by atoms with Crippen molar-refractivity contribution in [3.63, 3.8) is 0 Å². The third kappa shape index (κ3) is 7.98. The van der Waals surface area contributed by atoms with Gasteiger partial charge in [0, 0.05) is 75.6 Å². The summed E-state index contributed by atoms with van der Waals surface area (Å²) < 4.78 is 4.77. The average molecular weight is 1090 g/mol. The first-order valence-corrected chi connectivity index (χ1v) is 30.4. The molecule has 3 heterocycles. The predicted molar refractivity (Wildman–Crippen MR) is 355 cm³/mol. The Hall–Kier alpha value is -10.7. The highest BCUT2D eigenvalue weighted by molar-refractivity contribution is 8.34. The molecule has 0 unspecified atom stereocenters. The van der Waals surface area contributed by atoms with Crippen molar-refractivity contribution in [1.29, 1.82) is 0 Å². The van der Waals surface area contributed by atoms with Crippen molar-refractivity contribution in [2.45, 2.75) is 19.6 Å². The maximum atomic E-state index is 2.43. The first-order valence-electron chi connectivity index (χ1n) is 28.8. The normalized spacial score (nSPS) is 12.0. The Labute approximate surface area is 490 Å². The van der Waals surface area contributed by atoms with Gasteiger partial charge in [-0.25, -0.2) is 0 Å². The fourth-order valence-electron chi connectivity index (χ4n) is 13.3. The summed E-state index contributed by atoms with van der Waals surface area (Å²) in [7, 11) is -1.89. The highest BCUT2D eigenvalue weighted by atomic mass is 32.3. The van der Waals surface area contributed by atoms with Gasteiger partial charge in [-0.2, -0.15) is 0 Å². The zero-order valence-corrected chi connectivity index (χ0v) is 46.8. The molecule has 0 saturated heterocycles. The fourth-order valence-corrected chi connectivity index (χ4v) is 17.1. The molecular formula is C80H55N3S. The summed E-state index contributed by atoms with van der Waals surface area (Å²) in [6, 6.07) is 121. The molecule has 0 spiro atoms. The molecule has 0 aliphatic carbocycles. The van der Waals surface area contributed by atoms with Crippen molar-refractivity contribution in [2.75, 3.05) is 4.90 Å². The fraction of sp³-hybridized carbons (Fsp3) is 0. The number of pyridine rings is 1. The molecule has 0 saturated carbocycles. The van der Waals surface area contributed by atoms with Crippen LogP contribution < -0.4 is 4.90 Å². The number of hydrogen-bond acceptors (Lipinski definition) is 1. The standard InChI is InChI=1S/C80H55N3S/c1-6-22-58(23-7-1)78-77-36-20-21-53-81(77)80-72-34-17-16-32-69(72)70-51-41-59(55-74(70)79(78)80)56-37-43-62(44-38-56)82(64-47-49-68(50-48-64)84(65-26-10-3-11-27-65,66-28-12-4-13-29-66)67-30-14-5-15-31-67)63-45-39-57(40-46-63)60-42-52-76-73(54-60)71-33-18-19-35-75(71)83(76)61-24-8-2-9-25-61/h1-55H. The largest absolute Gasteiger partial charge is 0.315 e. The van der Waals surface area contributed by atoms with E-state index < -0.39 is 10.0 Å². The predicted octanol–water partition coefficient (Wildman–Crippen LogP) is 22.3. The second-order valence-electron chi connectivity index (χ2n) is 21.6. The summed E-state index contributed by atoms with van der Waals surface area (Å²) in [6.07, 6.45) is 2.22. The minimum Gasteiger partial charge on any atom is -0.315 e. The summed E-state index contributed by atoms with van der Waals surface area (Å²) in [5.74, 6) is 0. The third-order valence-corrected chi connectivity index (χ3v) is 20.9. The number of benzene rings is 13. The number of para-hydroxylation sites is 2. The second-order valence-corrected chi connectivity index (χ2v) is 24.7. The van der Waals surface area contributed by atoms with E-state index in [-0.39, 0.29) is 0 Å². The van der Waals surface area contributed by atoms with Crippen LogP contribution in [-0.4, -0.2) is 8.97 Å². The number of fused-ring (bicyclic) bond motifs is 11. The second kappa shape index (κ2) is 20.4. The van der Waals surface area contributed by atoms with E-state index in [2.05, 4.69) is 348 Å². The summed E-state index contributed by atoms with van der Waals surface area (Å²) >= 11 is 0. The van der Waals surface area contributed by atoms with E-state index in [4.69, 9.17) is 0 Å². The summed E-state index contributed by atoms with van der Waals surface area (Å²) in [4.78, 5) is 7.57. The Balaban J connectivity index is 0.839. The third-order valence-electron chi connectivity index (χ3n) is 17.0. The van der Waals surface area contributed by atoms with E-state index in [0.717, 1.165) is 33.9 Å². The van der Waals surface area contributed by atoms with Crippen LogP contribution in [0.2, 0.25) is 0 Å². The van der Waals surface area contributed by atoms with E-state index in [0.29, 0.717) is 0 Å². The molecule has 13 aromatic carbocycles. The molecular weight excluding hydrogens is 1030 g/mol. The molecule has 4 heteroatoms. The maximum absolute atomic E-state index is 2.43. The van der Waals surface area contributed by atoms with Crippen molar-refractivity contribution in [1.82, 2.24) is 8.97 Å². The molecule has 3 nitrogen and oxygen atoms in total. The van der Waals surface area contributed by atoms with E-state index in [1.165, 1.54) is 102 Å². The number of hydrogen-bond donors (Lipinski definition) is 0. The lowest BCUT2D eigenvalue weighted by Crippen LogP contribution is -2.10. The monoisotopic (exact) mass is 1090 g/mol. The molecule has 0 amide bonds. The first kappa shape index (κ1) is 49.2. The summed E-state index contributed by atoms with van der Waals surface area (Å²) in [5, 5.41) is 8.75. The number of aromatic nitrogens is 2. The Morgan fingerprint density at radius 2 is 0.679 bits per heavy atom. The number of anilines is 3. The van der Waals surface area contributed by atoms with Gasteiger partial charge in [-0.3, -0.25) is 0 Å². The van der Waals surface area contributed by atoms with Crippen LogP contribution in [-0.2, 0) is 0 Å². The van der Waals surface area contributed by atoms with Crippen LogP contribution in [0.3, 0.4) is 0 Å². The molecule has 16 aromatic rings. The van der Waals surface area contributed by atoms with Gasteiger partial charge in [0.25, 0.3) is 0 Å². The molecule has 0 atom stereocenters. The maximum Gasteiger partial charge on any atom is 0.0620 e. The van der Waals surface area contributed by atoms with Gasteiger partial charge in [-0.05, 0) is 177 Å². The topological polar surface area (TPSA) is 12.6 Å². The molecule has 0 N–H and O–H groups in total. The molecule has 0 fully saturated rings. The minimum absolute atomic E-state index is 1.07. The molecule has 0 aliphatic rings. The van der Waals surface area contributed by atoms with Crippen molar-refractivity contribution in [3.05, 3.63) is 334 Å². The quantitative estimate of drug-likeness (QED) is 0.118. The van der Waals surface area contributed by atoms with E-state index in [9.17, 15) is 0 Å². The van der Waals surface area contributed by atoms with E-state index >= 15 is 0 Å². The van der Waals surface area contributed by atoms with Gasteiger partial charge >= 0.3 is 0 Å². The first-order chi connectivity index (χ1) is 41.7. The van der Waals surface area contributed by atoms with Gasteiger partial charge in [0.1, 0.15) is 0 Å². The van der Waals surface area contributed by atoms with Gasteiger partial charge in [0.2, 0.25) is 0 Å². The Kier molecular flexibility index (Phi) is 11.9. The van der Waals surface area contributed by atoms with Crippen LogP contribution in [0, 0.1) is 0 Å². The van der Waals surface area contributed by atoms with Crippen LogP contribution >= 0.6 is 10.0 Å². The van der Waals surface area contributed by atoms with Crippen molar-refractivity contribution < 1.29 is 0 Å². The van der Waals surface area contributed by atoms with Gasteiger partial charge in [0.15, 0.2) is 0 Å². The average Bonchev–Trinajstić information content (AvgIpc) is 2.31. The van der Waals surface area contributed by atoms with Crippen LogP contribution in [0.1, 0.15) is 0 Å². The van der Waals surface area contributed by atoms with Gasteiger partial charge in [-0.15, -0.1) is 10.0 Å². The lowest BCUT2D eigenvalue weighted by atomic mass is 9.91. The Bertz CT molecular complexity index is 4980. The van der Waals surface area contributed by atoms with Crippen LogP contribution in [0.25, 0.3) is 98.8 Å². The molecule has 0 aliphatic heterocycles. The lowest BCUT2D eigenvalue weighted by Gasteiger charge is -2.42. The zero-order valence-electron chi connectivity index (χ0n) is 46.0. The SMILES string of the molecule is c1ccc(-c2c3c4cc(-c5ccc(N(c6ccc(-c7ccc8c(c7)c7ccccc7n8-c7ccccc7)cc6)c6ccc(S(c7ccccc7)(c7ccccc7)c7ccccc7)cc6)cc5)ccc4c4ccccc4c3n3ccccc23)cc1. The van der Waals surface area contributed by atoms with Gasteiger partial charge in [0.05, 0.1) is 22.1 Å². The molecule has 0 radical (unpaired) electrons. The van der Waals surface area contributed by atoms with Crippen LogP contribution in [0.4, 0.5) is 17.1 Å². The molecule has 3 aromatic heterocycles. The summed E-state index contributed by atoms with van der Waals surface area (Å²) in [5.41, 5.74) is 16.3. The van der Waals surface area contributed by atoms with Gasteiger partial charge < -0.3 is 13.9 Å². The number of rotatable bonds is 11. The van der Waals surface area contributed by atoms with Crippen LogP contribution in [0.5, 0.6) is 0 Å². The van der Waals surface area contributed by atoms with Crippen molar-refractivity contribution in [2.24, 2.45) is 0 Å². The molecule has 0 bridgehead atoms. The minimum atomic E-state index is -1.89. The molecule has 16 rings (SSSR count). The zero-order chi connectivity index (χ0) is 55.6. The lowest BCUT2D eigenvalue weighted by molar-refractivity contribution is 1.18. The van der Waals surface area contributed by atoms with Crippen molar-refractivity contribution in [3.8, 4) is 39.1 Å². The summed E-state index contributed by atoms with van der Waals surface area (Å²) in [6.45, 7) is 0. The van der Waals surface area contributed by atoms with Crippen molar-refractivity contribution >= 4 is 86.9 Å². The smallest absolute Gasteiger partial charge is 0.0620 e. The van der Waals surface area contributed by atoms with Crippen LogP contribution in [0.15, 0.2) is 353 Å².